The van der Waals surface area contributed by atoms with Gasteiger partial charge in [-0.05, 0) is 12.2 Å². The molecule has 0 atom stereocenters. The van der Waals surface area contributed by atoms with Gasteiger partial charge in [-0.1, -0.05) is 24.3 Å². The molecule has 2 aromatic rings. The fourth-order valence-electron chi connectivity index (χ4n) is 2.34. The van der Waals surface area contributed by atoms with Crippen molar-refractivity contribution in [2.24, 2.45) is 5.73 Å². The van der Waals surface area contributed by atoms with Gasteiger partial charge in [0.15, 0.2) is 5.11 Å². The van der Waals surface area contributed by atoms with Crippen molar-refractivity contribution in [3.63, 3.8) is 0 Å². The van der Waals surface area contributed by atoms with Crippen LogP contribution in [0.2, 0.25) is 0 Å². The molecule has 0 heterocycles. The van der Waals surface area contributed by atoms with Crippen LogP contribution in [-0.4, -0.2) is 44.0 Å². The van der Waals surface area contributed by atoms with Crippen molar-refractivity contribution in [1.29, 1.82) is 0 Å². The first-order chi connectivity index (χ1) is 11.7. The summed E-state index contributed by atoms with van der Waals surface area (Å²) in [5.41, 5.74) is 4.58. The summed E-state index contributed by atoms with van der Waals surface area (Å²) in [6, 6.07) is 4.75. The number of rotatable bonds is 4. The van der Waals surface area contributed by atoms with E-state index in [1.165, 1.54) is 12.1 Å². The van der Waals surface area contributed by atoms with Crippen LogP contribution < -0.4 is 11.1 Å². The Balaban J connectivity index is 3.42. The molecular formula is C11H10N2O9S4. The highest BCUT2D eigenvalue weighted by molar-refractivity contribution is 7.90. The summed E-state index contributed by atoms with van der Waals surface area (Å²) in [4.78, 5) is -4.73. The molecule has 0 radical (unpaired) electrons. The predicted molar refractivity (Wildman–Crippen MR) is 93.8 cm³/mol. The summed E-state index contributed by atoms with van der Waals surface area (Å²) < 4.78 is 99.0. The Kier molecular flexibility index (Phi) is 5.01. The van der Waals surface area contributed by atoms with Crippen molar-refractivity contribution in [1.82, 2.24) is 0 Å². The SMILES string of the molecule is NC(=S)Nc1c(S(=O)(=O)O)c(S(=O)(=O)O)c(S(=O)(=O)O)c2ccccc12. The lowest BCUT2D eigenvalue weighted by atomic mass is 10.1. The minimum Gasteiger partial charge on any atom is -0.376 e. The number of thiocarbonyl (C=S) groups is 1. The first-order valence-electron chi connectivity index (χ1n) is 6.23. The molecule has 0 fully saturated rings. The van der Waals surface area contributed by atoms with Gasteiger partial charge in [0.05, 0.1) is 5.69 Å². The largest absolute Gasteiger partial charge is 0.376 e. The lowest BCUT2D eigenvalue weighted by Gasteiger charge is -2.18. The Labute approximate surface area is 153 Å². The van der Waals surface area contributed by atoms with Gasteiger partial charge in [0.25, 0.3) is 30.4 Å². The van der Waals surface area contributed by atoms with Gasteiger partial charge in [-0.25, -0.2) is 0 Å². The van der Waals surface area contributed by atoms with Crippen LogP contribution in [0.4, 0.5) is 5.69 Å². The van der Waals surface area contributed by atoms with Gasteiger partial charge in [-0.3, -0.25) is 13.7 Å². The number of benzene rings is 2. The molecule has 0 aliphatic heterocycles. The average Bonchev–Trinajstić information content (AvgIpc) is 2.42. The smallest absolute Gasteiger partial charge is 0.298 e. The molecule has 142 valence electrons. The quantitative estimate of drug-likeness (QED) is 0.319. The molecular weight excluding hydrogens is 432 g/mol. The first kappa shape index (κ1) is 20.4. The summed E-state index contributed by atoms with van der Waals surface area (Å²) in [5, 5.41) is 0.829. The average molecular weight is 442 g/mol. The van der Waals surface area contributed by atoms with Gasteiger partial charge in [-0.15, -0.1) is 0 Å². The molecule has 0 unspecified atom stereocenters. The summed E-state index contributed by atoms with van der Waals surface area (Å²) >= 11 is 4.58. The fraction of sp³-hybridized carbons (Fsp3) is 0. The summed E-state index contributed by atoms with van der Waals surface area (Å²) in [5.74, 6) is 0. The van der Waals surface area contributed by atoms with Gasteiger partial charge in [0.1, 0.15) is 14.7 Å². The third kappa shape index (κ3) is 3.78. The lowest BCUT2D eigenvalue weighted by Crippen LogP contribution is -2.23. The molecule has 2 rings (SSSR count). The number of nitrogens with two attached hydrogens (primary N) is 1. The maximum Gasteiger partial charge on any atom is 0.298 e. The standard InChI is InChI=1S/C11H10N2O9S4/c12-11(23)13-7-5-3-1-2-4-6(5)8(24(14,15)16)10(26(20,21)22)9(7)25(17,18)19/h1-4H,(H3,12,13,23)(H,14,15,16)(H,17,18,19)(H,20,21,22). The van der Waals surface area contributed by atoms with E-state index in [0.29, 0.717) is 0 Å². The van der Waals surface area contributed by atoms with E-state index in [1.807, 2.05) is 0 Å². The molecule has 0 spiro atoms. The Bertz CT molecular complexity index is 1250. The second-order valence-electron chi connectivity index (χ2n) is 4.82. The molecule has 0 saturated carbocycles. The van der Waals surface area contributed by atoms with Crippen molar-refractivity contribution in [3.8, 4) is 0 Å². The van der Waals surface area contributed by atoms with Crippen LogP contribution in [0.1, 0.15) is 0 Å². The highest BCUT2D eigenvalue weighted by Gasteiger charge is 2.37. The minimum absolute atomic E-state index is 0.270. The van der Waals surface area contributed by atoms with E-state index in [0.717, 1.165) is 12.1 Å². The number of hydrogen-bond acceptors (Lipinski definition) is 7. The molecule has 0 amide bonds. The van der Waals surface area contributed by atoms with Gasteiger partial charge in [-0.2, -0.15) is 25.3 Å². The maximum absolute atomic E-state index is 11.8. The van der Waals surface area contributed by atoms with E-state index in [-0.39, 0.29) is 5.39 Å². The number of hydrogen-bond donors (Lipinski definition) is 5. The molecule has 0 aliphatic rings. The molecule has 6 N–H and O–H groups in total. The third-order valence-corrected chi connectivity index (χ3v) is 6.25. The molecule has 26 heavy (non-hydrogen) atoms. The van der Waals surface area contributed by atoms with Crippen LogP contribution in [0.15, 0.2) is 39.0 Å². The molecule has 2 aromatic carbocycles. The fourth-order valence-corrected chi connectivity index (χ4v) is 6.00. The van der Waals surface area contributed by atoms with Crippen LogP contribution in [0.3, 0.4) is 0 Å². The van der Waals surface area contributed by atoms with Crippen molar-refractivity contribution in [3.05, 3.63) is 24.3 Å². The molecule has 0 aliphatic carbocycles. The van der Waals surface area contributed by atoms with E-state index in [2.05, 4.69) is 17.5 Å². The lowest BCUT2D eigenvalue weighted by molar-refractivity contribution is 0.457. The Morgan fingerprint density at radius 3 is 1.62 bits per heavy atom. The zero-order valence-corrected chi connectivity index (χ0v) is 15.6. The Hall–Kier alpha value is -1.88. The summed E-state index contributed by atoms with van der Waals surface area (Å²) in [6.45, 7) is 0. The van der Waals surface area contributed by atoms with Gasteiger partial charge in [0.2, 0.25) is 0 Å². The van der Waals surface area contributed by atoms with Crippen LogP contribution in [0.5, 0.6) is 0 Å². The van der Waals surface area contributed by atoms with E-state index in [9.17, 15) is 38.9 Å². The number of fused-ring (bicyclic) bond motifs is 1. The van der Waals surface area contributed by atoms with Crippen molar-refractivity contribution >= 4 is 64.1 Å². The number of nitrogens with one attached hydrogen (secondary N) is 1. The second kappa shape index (κ2) is 6.38. The Morgan fingerprint density at radius 1 is 0.808 bits per heavy atom. The Morgan fingerprint density at radius 2 is 1.23 bits per heavy atom. The van der Waals surface area contributed by atoms with Crippen molar-refractivity contribution in [2.75, 3.05) is 5.32 Å². The first-order valence-corrected chi connectivity index (χ1v) is 11.0. The highest BCUT2D eigenvalue weighted by Crippen LogP contribution is 2.41. The van der Waals surface area contributed by atoms with Crippen LogP contribution >= 0.6 is 12.2 Å². The topological polar surface area (TPSA) is 201 Å². The summed E-state index contributed by atoms with van der Waals surface area (Å²) in [6.07, 6.45) is 0. The van der Waals surface area contributed by atoms with E-state index < -0.39 is 61.2 Å². The highest BCUT2D eigenvalue weighted by atomic mass is 32.2. The van der Waals surface area contributed by atoms with Gasteiger partial charge < -0.3 is 11.1 Å². The maximum atomic E-state index is 11.8. The molecule has 11 nitrogen and oxygen atoms in total. The normalized spacial score (nSPS) is 12.9. The molecule has 0 bridgehead atoms. The molecule has 0 saturated heterocycles. The third-order valence-electron chi connectivity index (χ3n) is 3.10. The minimum atomic E-state index is -5.58. The van der Waals surface area contributed by atoms with Crippen LogP contribution in [0, 0.1) is 0 Å². The zero-order valence-electron chi connectivity index (χ0n) is 12.3. The predicted octanol–water partition coefficient (Wildman–Crippen LogP) is 0.235. The van der Waals surface area contributed by atoms with Crippen molar-refractivity contribution in [2.45, 2.75) is 14.7 Å². The van der Waals surface area contributed by atoms with Gasteiger partial charge >= 0.3 is 0 Å². The van der Waals surface area contributed by atoms with Gasteiger partial charge in [0, 0.05) is 10.8 Å². The monoisotopic (exact) mass is 442 g/mol. The summed E-state index contributed by atoms with van der Waals surface area (Å²) in [7, 11) is -16.4. The van der Waals surface area contributed by atoms with Crippen molar-refractivity contribution < 1.29 is 38.9 Å². The number of anilines is 1. The van der Waals surface area contributed by atoms with E-state index >= 15 is 0 Å². The molecule has 15 heteroatoms. The second-order valence-corrected chi connectivity index (χ2v) is 9.34. The van der Waals surface area contributed by atoms with E-state index in [4.69, 9.17) is 5.73 Å². The molecule has 0 aromatic heterocycles. The van der Waals surface area contributed by atoms with Crippen LogP contribution in [-0.2, 0) is 30.4 Å². The van der Waals surface area contributed by atoms with E-state index in [1.54, 1.807) is 0 Å². The zero-order chi connectivity index (χ0) is 20.1. The van der Waals surface area contributed by atoms with Crippen LogP contribution in [0.25, 0.3) is 10.8 Å².